The van der Waals surface area contributed by atoms with Gasteiger partial charge in [-0.3, -0.25) is 4.79 Å². The molecule has 1 aromatic carbocycles. The lowest BCUT2D eigenvalue weighted by Gasteiger charge is -2.09. The molecule has 0 saturated heterocycles. The zero-order valence-corrected chi connectivity index (χ0v) is 14.6. The van der Waals surface area contributed by atoms with E-state index in [9.17, 15) is 4.79 Å². The van der Waals surface area contributed by atoms with Gasteiger partial charge in [0.15, 0.2) is 0 Å². The molecule has 0 saturated carbocycles. The fourth-order valence-corrected chi connectivity index (χ4v) is 3.58. The minimum Gasteiger partial charge on any atom is -0.481 e. The second-order valence-electron chi connectivity index (χ2n) is 5.38. The standard InChI is InChI=1S/C17H16ClN3O2S/c1-10-20-16(19-8-2-3-14(22)23)15-13(9-24-17(15)21-10)11-4-6-12(18)7-5-11/h4-7,9H,2-3,8H2,1H3,(H,22,23)(H,19,20,21). The first-order chi connectivity index (χ1) is 11.5. The van der Waals surface area contributed by atoms with Crippen molar-refractivity contribution in [2.45, 2.75) is 19.8 Å². The van der Waals surface area contributed by atoms with Crippen LogP contribution in [0.15, 0.2) is 29.6 Å². The Morgan fingerprint density at radius 2 is 2.04 bits per heavy atom. The zero-order chi connectivity index (χ0) is 17.1. The molecule has 0 fully saturated rings. The normalized spacial score (nSPS) is 10.9. The summed E-state index contributed by atoms with van der Waals surface area (Å²) in [6.45, 7) is 2.40. The van der Waals surface area contributed by atoms with Crippen LogP contribution in [0.1, 0.15) is 18.7 Å². The predicted molar refractivity (Wildman–Crippen MR) is 98.0 cm³/mol. The lowest BCUT2D eigenvalue weighted by atomic mass is 10.1. The minimum absolute atomic E-state index is 0.133. The molecule has 24 heavy (non-hydrogen) atoms. The van der Waals surface area contributed by atoms with Crippen molar-refractivity contribution >= 4 is 44.9 Å². The fraction of sp³-hybridized carbons (Fsp3) is 0.235. The molecule has 0 spiro atoms. The van der Waals surface area contributed by atoms with Gasteiger partial charge < -0.3 is 10.4 Å². The number of benzene rings is 1. The molecular weight excluding hydrogens is 346 g/mol. The third kappa shape index (κ3) is 3.66. The number of carboxylic acids is 1. The first kappa shape index (κ1) is 16.7. The van der Waals surface area contributed by atoms with Gasteiger partial charge in [-0.15, -0.1) is 11.3 Å². The van der Waals surface area contributed by atoms with E-state index in [-0.39, 0.29) is 6.42 Å². The Labute approximate surface area is 148 Å². The molecule has 0 aliphatic carbocycles. The molecule has 3 aromatic rings. The molecule has 3 rings (SSSR count). The largest absolute Gasteiger partial charge is 0.481 e. The van der Waals surface area contributed by atoms with Gasteiger partial charge in [0.1, 0.15) is 16.5 Å². The average Bonchev–Trinajstić information content (AvgIpc) is 2.95. The number of rotatable bonds is 6. The molecule has 2 heterocycles. The number of aliphatic carboxylic acids is 1. The van der Waals surface area contributed by atoms with Gasteiger partial charge in [-0.05, 0) is 31.0 Å². The quantitative estimate of drug-likeness (QED) is 0.628. The number of nitrogens with zero attached hydrogens (tertiary/aromatic N) is 2. The average molecular weight is 362 g/mol. The van der Waals surface area contributed by atoms with Gasteiger partial charge in [0, 0.05) is 28.9 Å². The number of aromatic nitrogens is 2. The summed E-state index contributed by atoms with van der Waals surface area (Å²) >= 11 is 7.54. The van der Waals surface area contributed by atoms with Crippen LogP contribution in [0.25, 0.3) is 21.3 Å². The SMILES string of the molecule is Cc1nc(NCCCC(=O)O)c2c(-c3ccc(Cl)cc3)csc2n1. The highest BCUT2D eigenvalue weighted by molar-refractivity contribution is 7.17. The number of thiophene rings is 1. The van der Waals surface area contributed by atoms with E-state index in [1.807, 2.05) is 31.2 Å². The van der Waals surface area contributed by atoms with Crippen molar-refractivity contribution in [3.05, 3.63) is 40.5 Å². The second kappa shape index (κ2) is 7.15. The molecule has 0 bridgehead atoms. The maximum absolute atomic E-state index is 10.6. The second-order valence-corrected chi connectivity index (χ2v) is 6.67. The molecule has 0 aliphatic rings. The van der Waals surface area contributed by atoms with Crippen LogP contribution in [0.2, 0.25) is 5.02 Å². The van der Waals surface area contributed by atoms with Crippen LogP contribution in [-0.4, -0.2) is 27.6 Å². The molecule has 0 aliphatic heterocycles. The summed E-state index contributed by atoms with van der Waals surface area (Å²) < 4.78 is 0. The summed E-state index contributed by atoms with van der Waals surface area (Å²) in [4.78, 5) is 20.6. The Morgan fingerprint density at radius 1 is 1.29 bits per heavy atom. The smallest absolute Gasteiger partial charge is 0.303 e. The van der Waals surface area contributed by atoms with Gasteiger partial charge in [-0.2, -0.15) is 0 Å². The number of hydrogen-bond donors (Lipinski definition) is 2. The van der Waals surface area contributed by atoms with Gasteiger partial charge >= 0.3 is 5.97 Å². The Bertz CT molecular complexity index is 877. The lowest BCUT2D eigenvalue weighted by Crippen LogP contribution is -2.07. The van der Waals surface area contributed by atoms with Crippen LogP contribution in [0.4, 0.5) is 5.82 Å². The summed E-state index contributed by atoms with van der Waals surface area (Å²) in [5, 5.41) is 15.7. The van der Waals surface area contributed by atoms with Gasteiger partial charge in [0.05, 0.1) is 5.39 Å². The molecular formula is C17H16ClN3O2S. The van der Waals surface area contributed by atoms with Crippen LogP contribution < -0.4 is 5.32 Å². The summed E-state index contributed by atoms with van der Waals surface area (Å²) in [5.41, 5.74) is 2.10. The molecule has 2 N–H and O–H groups in total. The van der Waals surface area contributed by atoms with Crippen molar-refractivity contribution in [2.75, 3.05) is 11.9 Å². The van der Waals surface area contributed by atoms with E-state index in [0.717, 1.165) is 27.2 Å². The molecule has 5 nitrogen and oxygen atoms in total. The van der Waals surface area contributed by atoms with E-state index < -0.39 is 5.97 Å². The van der Waals surface area contributed by atoms with Crippen molar-refractivity contribution in [3.63, 3.8) is 0 Å². The van der Waals surface area contributed by atoms with E-state index in [1.165, 1.54) is 0 Å². The maximum Gasteiger partial charge on any atom is 0.303 e. The number of carbonyl (C=O) groups is 1. The van der Waals surface area contributed by atoms with E-state index in [1.54, 1.807) is 11.3 Å². The predicted octanol–water partition coefficient (Wildman–Crippen LogP) is 4.60. The van der Waals surface area contributed by atoms with Crippen molar-refractivity contribution < 1.29 is 9.90 Å². The lowest BCUT2D eigenvalue weighted by molar-refractivity contribution is -0.137. The Balaban J connectivity index is 1.96. The van der Waals surface area contributed by atoms with Crippen LogP contribution >= 0.6 is 22.9 Å². The molecule has 0 unspecified atom stereocenters. The van der Waals surface area contributed by atoms with E-state index >= 15 is 0 Å². The van der Waals surface area contributed by atoms with E-state index in [4.69, 9.17) is 16.7 Å². The first-order valence-corrected chi connectivity index (χ1v) is 8.78. The molecule has 0 amide bonds. The van der Waals surface area contributed by atoms with Crippen molar-refractivity contribution in [1.82, 2.24) is 9.97 Å². The fourth-order valence-electron chi connectivity index (χ4n) is 2.46. The maximum atomic E-state index is 10.6. The summed E-state index contributed by atoms with van der Waals surface area (Å²) in [6, 6.07) is 7.65. The number of hydrogen-bond acceptors (Lipinski definition) is 5. The van der Waals surface area contributed by atoms with Gasteiger partial charge in [-0.25, -0.2) is 9.97 Å². The van der Waals surface area contributed by atoms with Gasteiger partial charge in [0.2, 0.25) is 0 Å². The molecule has 2 aromatic heterocycles. The van der Waals surface area contributed by atoms with Crippen molar-refractivity contribution in [2.24, 2.45) is 0 Å². The highest BCUT2D eigenvalue weighted by atomic mass is 35.5. The minimum atomic E-state index is -0.793. The van der Waals surface area contributed by atoms with E-state index in [0.29, 0.717) is 23.8 Å². The monoisotopic (exact) mass is 361 g/mol. The number of aryl methyl sites for hydroxylation is 1. The third-order valence-corrected chi connectivity index (χ3v) is 4.68. The number of halogens is 1. The topological polar surface area (TPSA) is 75.1 Å². The Kier molecular flexibility index (Phi) is 4.97. The van der Waals surface area contributed by atoms with Crippen LogP contribution in [-0.2, 0) is 4.79 Å². The highest BCUT2D eigenvalue weighted by Crippen LogP contribution is 2.37. The Hall–Kier alpha value is -2.18. The number of nitrogens with one attached hydrogen (secondary N) is 1. The molecule has 7 heteroatoms. The molecule has 124 valence electrons. The highest BCUT2D eigenvalue weighted by Gasteiger charge is 2.14. The number of carboxylic acid groups (broad SMARTS) is 1. The van der Waals surface area contributed by atoms with E-state index in [2.05, 4.69) is 20.7 Å². The molecule has 0 radical (unpaired) electrons. The van der Waals surface area contributed by atoms with Crippen molar-refractivity contribution in [1.29, 1.82) is 0 Å². The molecule has 0 atom stereocenters. The summed E-state index contributed by atoms with van der Waals surface area (Å²) in [7, 11) is 0. The number of fused-ring (bicyclic) bond motifs is 1. The number of anilines is 1. The summed E-state index contributed by atoms with van der Waals surface area (Å²) in [6.07, 6.45) is 0.675. The van der Waals surface area contributed by atoms with Crippen LogP contribution in [0.3, 0.4) is 0 Å². The van der Waals surface area contributed by atoms with Crippen molar-refractivity contribution in [3.8, 4) is 11.1 Å². The van der Waals surface area contributed by atoms with Crippen LogP contribution in [0, 0.1) is 6.92 Å². The summed E-state index contributed by atoms with van der Waals surface area (Å²) in [5.74, 6) is 0.639. The Morgan fingerprint density at radius 3 is 2.75 bits per heavy atom. The van der Waals surface area contributed by atoms with Gasteiger partial charge in [0.25, 0.3) is 0 Å². The third-order valence-electron chi connectivity index (χ3n) is 3.56. The van der Waals surface area contributed by atoms with Gasteiger partial charge in [-0.1, -0.05) is 23.7 Å². The van der Waals surface area contributed by atoms with Crippen LogP contribution in [0.5, 0.6) is 0 Å². The first-order valence-electron chi connectivity index (χ1n) is 7.52. The zero-order valence-electron chi connectivity index (χ0n) is 13.0.